The zero-order chi connectivity index (χ0) is 15.3. The Morgan fingerprint density at radius 1 is 1.25 bits per heavy atom. The molecule has 0 aliphatic heterocycles. The summed E-state index contributed by atoms with van der Waals surface area (Å²) in [6.07, 6.45) is 0. The molecule has 1 aromatic rings. The molecule has 0 atom stereocenters. The monoisotopic (exact) mass is 321 g/mol. The van der Waals surface area contributed by atoms with E-state index in [1.165, 1.54) is 0 Å². The van der Waals surface area contributed by atoms with Crippen LogP contribution in [0.3, 0.4) is 0 Å². The summed E-state index contributed by atoms with van der Waals surface area (Å²) in [4.78, 5) is 31.5. The molecule has 1 rings (SSSR count). The third-order valence-corrected chi connectivity index (χ3v) is 2.70. The first kappa shape index (κ1) is 16.0. The van der Waals surface area contributed by atoms with Crippen molar-refractivity contribution >= 4 is 46.5 Å². The van der Waals surface area contributed by atoms with Gasteiger partial charge < -0.3 is 15.7 Å². The molecule has 0 fully saturated rings. The number of non-ortho nitro benzene ring substituents is 1. The number of hydrogen-bond acceptors (Lipinski definition) is 5. The molecule has 0 radical (unpaired) electrons. The number of carbonyl (C=O) groups excluding carboxylic acids is 1. The fourth-order valence-electron chi connectivity index (χ4n) is 1.24. The lowest BCUT2D eigenvalue weighted by Gasteiger charge is -2.10. The van der Waals surface area contributed by atoms with E-state index in [1.54, 1.807) is 0 Å². The molecule has 1 amide bonds. The van der Waals surface area contributed by atoms with E-state index in [9.17, 15) is 19.7 Å². The summed E-state index contributed by atoms with van der Waals surface area (Å²) < 4.78 is 0. The van der Waals surface area contributed by atoms with Crippen LogP contribution in [0.25, 0.3) is 0 Å². The van der Waals surface area contributed by atoms with Crippen molar-refractivity contribution in [3.05, 3.63) is 32.3 Å². The average molecular weight is 322 g/mol. The van der Waals surface area contributed by atoms with Crippen molar-refractivity contribution in [1.29, 1.82) is 0 Å². The molecule has 0 aliphatic carbocycles. The minimum atomic E-state index is -1.18. The summed E-state index contributed by atoms with van der Waals surface area (Å²) in [7, 11) is 0. The molecular formula is C10H9Cl2N3O5. The van der Waals surface area contributed by atoms with E-state index in [4.69, 9.17) is 28.3 Å². The molecular weight excluding hydrogens is 313 g/mol. The molecule has 0 saturated heterocycles. The van der Waals surface area contributed by atoms with Gasteiger partial charge in [0.1, 0.15) is 6.54 Å². The first-order valence-corrected chi connectivity index (χ1v) is 5.92. The predicted molar refractivity (Wildman–Crippen MR) is 72.3 cm³/mol. The highest BCUT2D eigenvalue weighted by Gasteiger charge is 2.15. The van der Waals surface area contributed by atoms with Gasteiger partial charge in [0.15, 0.2) is 0 Å². The Balaban J connectivity index is 2.71. The van der Waals surface area contributed by atoms with Gasteiger partial charge in [0.25, 0.3) is 5.69 Å². The van der Waals surface area contributed by atoms with E-state index in [-0.39, 0.29) is 28.0 Å². The predicted octanol–water partition coefficient (Wildman–Crippen LogP) is 1.51. The molecule has 10 heteroatoms. The lowest BCUT2D eigenvalue weighted by molar-refractivity contribution is -0.384. The van der Waals surface area contributed by atoms with Crippen LogP contribution in [0.4, 0.5) is 11.4 Å². The van der Waals surface area contributed by atoms with Crippen molar-refractivity contribution < 1.29 is 19.6 Å². The number of nitro groups is 1. The van der Waals surface area contributed by atoms with Gasteiger partial charge in [0.05, 0.1) is 27.2 Å². The van der Waals surface area contributed by atoms with E-state index < -0.39 is 23.3 Å². The van der Waals surface area contributed by atoms with Crippen molar-refractivity contribution in [2.75, 3.05) is 18.4 Å². The number of rotatable bonds is 6. The summed E-state index contributed by atoms with van der Waals surface area (Å²) in [5.74, 6) is -1.76. The van der Waals surface area contributed by atoms with Gasteiger partial charge in [-0.1, -0.05) is 23.2 Å². The molecule has 8 nitrogen and oxygen atoms in total. The first-order chi connectivity index (χ1) is 9.31. The second kappa shape index (κ2) is 6.92. The molecule has 3 N–H and O–H groups in total. The maximum Gasteiger partial charge on any atom is 0.322 e. The van der Waals surface area contributed by atoms with Gasteiger partial charge in [0, 0.05) is 12.1 Å². The molecule has 0 heterocycles. The van der Waals surface area contributed by atoms with E-state index in [1.807, 2.05) is 0 Å². The van der Waals surface area contributed by atoms with E-state index in [0.717, 1.165) is 12.1 Å². The van der Waals surface area contributed by atoms with Crippen LogP contribution in [-0.4, -0.2) is 35.0 Å². The summed E-state index contributed by atoms with van der Waals surface area (Å²) in [6.45, 7) is -0.785. The first-order valence-electron chi connectivity index (χ1n) is 5.17. The Labute approximate surface area is 122 Å². The number of aliphatic carboxylic acids is 1. The van der Waals surface area contributed by atoms with Gasteiger partial charge in [-0.3, -0.25) is 19.7 Å². The second-order valence-electron chi connectivity index (χ2n) is 3.57. The molecule has 0 spiro atoms. The zero-order valence-corrected chi connectivity index (χ0v) is 11.4. The fraction of sp³-hybridized carbons (Fsp3) is 0.200. The highest BCUT2D eigenvalue weighted by atomic mass is 35.5. The lowest BCUT2D eigenvalue weighted by atomic mass is 10.2. The average Bonchev–Trinajstić information content (AvgIpc) is 2.34. The Kier molecular flexibility index (Phi) is 5.53. The number of nitrogens with zero attached hydrogens (tertiary/aromatic N) is 1. The van der Waals surface area contributed by atoms with Crippen LogP contribution >= 0.6 is 23.2 Å². The fourth-order valence-corrected chi connectivity index (χ4v) is 1.85. The standard InChI is InChI=1S/C10H9Cl2N3O5/c11-6-1-5(15(19)20)2-7(12)10(6)14-3-8(16)13-4-9(17)18/h1-2,14H,3-4H2,(H,13,16)(H,17,18). The highest BCUT2D eigenvalue weighted by molar-refractivity contribution is 6.39. The van der Waals surface area contributed by atoms with Crippen molar-refractivity contribution in [2.24, 2.45) is 0 Å². The number of amides is 1. The van der Waals surface area contributed by atoms with Crippen molar-refractivity contribution in [3.63, 3.8) is 0 Å². The number of carbonyl (C=O) groups is 2. The summed E-state index contributed by atoms with van der Waals surface area (Å²) in [6, 6.07) is 2.18. The number of nitrogens with one attached hydrogen (secondary N) is 2. The quantitative estimate of drug-likeness (QED) is 0.539. The van der Waals surface area contributed by atoms with Crippen LogP contribution in [-0.2, 0) is 9.59 Å². The molecule has 0 aromatic heterocycles. The van der Waals surface area contributed by atoms with E-state index >= 15 is 0 Å². The molecule has 20 heavy (non-hydrogen) atoms. The Bertz CT molecular complexity index is 541. The molecule has 108 valence electrons. The van der Waals surface area contributed by atoms with E-state index in [2.05, 4.69) is 10.6 Å². The van der Waals surface area contributed by atoms with Crippen molar-refractivity contribution in [2.45, 2.75) is 0 Å². The Hall–Kier alpha value is -2.06. The number of carboxylic acids is 1. The van der Waals surface area contributed by atoms with Crippen LogP contribution in [0.5, 0.6) is 0 Å². The normalized spacial score (nSPS) is 9.90. The smallest absolute Gasteiger partial charge is 0.322 e. The largest absolute Gasteiger partial charge is 0.480 e. The van der Waals surface area contributed by atoms with Gasteiger partial charge >= 0.3 is 5.97 Å². The molecule has 0 unspecified atom stereocenters. The number of anilines is 1. The third-order valence-electron chi connectivity index (χ3n) is 2.10. The summed E-state index contributed by atoms with van der Waals surface area (Å²) >= 11 is 11.6. The van der Waals surface area contributed by atoms with Gasteiger partial charge in [0.2, 0.25) is 5.91 Å². The maximum absolute atomic E-state index is 11.3. The van der Waals surface area contributed by atoms with Gasteiger partial charge in [-0.05, 0) is 0 Å². The Morgan fingerprint density at radius 3 is 2.25 bits per heavy atom. The lowest BCUT2D eigenvalue weighted by Crippen LogP contribution is -2.33. The minimum absolute atomic E-state index is 0.0183. The molecule has 0 bridgehead atoms. The van der Waals surface area contributed by atoms with Gasteiger partial charge in [-0.25, -0.2) is 0 Å². The number of halogens is 2. The molecule has 0 aliphatic rings. The number of benzene rings is 1. The highest BCUT2D eigenvalue weighted by Crippen LogP contribution is 2.34. The zero-order valence-electron chi connectivity index (χ0n) is 9.85. The van der Waals surface area contributed by atoms with E-state index in [0.29, 0.717) is 0 Å². The maximum atomic E-state index is 11.3. The van der Waals surface area contributed by atoms with Crippen LogP contribution in [0.15, 0.2) is 12.1 Å². The SMILES string of the molecule is O=C(O)CNC(=O)CNc1c(Cl)cc([N+](=O)[O-])cc1Cl. The van der Waals surface area contributed by atoms with Crippen LogP contribution in [0.1, 0.15) is 0 Å². The van der Waals surface area contributed by atoms with Crippen LogP contribution < -0.4 is 10.6 Å². The van der Waals surface area contributed by atoms with Crippen LogP contribution in [0.2, 0.25) is 10.0 Å². The number of carboxylic acid groups (broad SMARTS) is 1. The molecule has 0 saturated carbocycles. The van der Waals surface area contributed by atoms with Gasteiger partial charge in [-0.2, -0.15) is 0 Å². The summed E-state index contributed by atoms with van der Waals surface area (Å²) in [5, 5.41) is 23.6. The number of nitro benzene ring substituents is 1. The third kappa shape index (κ3) is 4.56. The second-order valence-corrected chi connectivity index (χ2v) is 4.38. The topological polar surface area (TPSA) is 122 Å². The molecule has 1 aromatic carbocycles. The number of hydrogen-bond donors (Lipinski definition) is 3. The van der Waals surface area contributed by atoms with Crippen LogP contribution in [0, 0.1) is 10.1 Å². The van der Waals surface area contributed by atoms with Gasteiger partial charge in [-0.15, -0.1) is 0 Å². The Morgan fingerprint density at radius 2 is 1.80 bits per heavy atom. The minimum Gasteiger partial charge on any atom is -0.480 e. The summed E-state index contributed by atoms with van der Waals surface area (Å²) in [5.41, 5.74) is -0.120. The van der Waals surface area contributed by atoms with Crippen molar-refractivity contribution in [1.82, 2.24) is 5.32 Å². The van der Waals surface area contributed by atoms with Crippen molar-refractivity contribution in [3.8, 4) is 0 Å².